The molecule has 4 heterocycles. The number of pyridine rings is 1. The van der Waals surface area contributed by atoms with Gasteiger partial charge in [0.1, 0.15) is 21.5 Å². The van der Waals surface area contributed by atoms with Gasteiger partial charge in [0, 0.05) is 73.8 Å². The molecule has 2 saturated heterocycles. The Morgan fingerprint density at radius 2 is 1.92 bits per heavy atom. The molecule has 0 aliphatic carbocycles. The highest BCUT2D eigenvalue weighted by Gasteiger charge is 2.38. The van der Waals surface area contributed by atoms with Crippen LogP contribution in [0.4, 0.5) is 23.3 Å². The lowest BCUT2D eigenvalue weighted by Gasteiger charge is -2.48. The van der Waals surface area contributed by atoms with Gasteiger partial charge < -0.3 is 25.3 Å². The van der Waals surface area contributed by atoms with Crippen molar-refractivity contribution in [3.05, 3.63) is 42.2 Å². The van der Waals surface area contributed by atoms with E-state index in [0.717, 1.165) is 22.0 Å². The molecule has 2 aliphatic heterocycles. The number of hydrogen-bond donors (Lipinski definition) is 3. The molecular formula is C28H38N6O4S. The van der Waals surface area contributed by atoms with Crippen molar-refractivity contribution in [1.82, 2.24) is 15.0 Å². The number of nitrogens with one attached hydrogen (secondary N) is 1. The largest absolute Gasteiger partial charge is 0.396 e. The minimum absolute atomic E-state index is 0.0221. The number of sulfone groups is 1. The molecule has 39 heavy (non-hydrogen) atoms. The predicted octanol–water partition coefficient (Wildman–Crippen LogP) is 2.94. The van der Waals surface area contributed by atoms with E-state index in [-0.39, 0.29) is 42.3 Å². The highest BCUT2D eigenvalue weighted by molar-refractivity contribution is 7.90. The number of benzene rings is 1. The van der Waals surface area contributed by atoms with Crippen molar-refractivity contribution in [2.75, 3.05) is 53.4 Å². The molecule has 0 saturated carbocycles. The molecule has 0 bridgehead atoms. The summed E-state index contributed by atoms with van der Waals surface area (Å²) < 4.78 is 23.7. The maximum atomic E-state index is 11.8. The molecule has 5 atom stereocenters. The van der Waals surface area contributed by atoms with Gasteiger partial charge in [-0.25, -0.2) is 18.4 Å². The van der Waals surface area contributed by atoms with Crippen molar-refractivity contribution in [3.8, 4) is 0 Å². The molecule has 210 valence electrons. The van der Waals surface area contributed by atoms with Crippen LogP contribution >= 0.6 is 0 Å². The number of aromatic nitrogens is 3. The topological polar surface area (TPSA) is 132 Å². The predicted molar refractivity (Wildman–Crippen MR) is 155 cm³/mol. The number of rotatable bonds is 8. The third kappa shape index (κ3) is 5.80. The normalized spacial score (nSPS) is 24.5. The molecule has 1 aromatic carbocycles. The average molecular weight is 555 g/mol. The number of piperidine rings is 1. The monoisotopic (exact) mass is 554 g/mol. The summed E-state index contributed by atoms with van der Waals surface area (Å²) in [7, 11) is -3.04. The minimum Gasteiger partial charge on any atom is -0.396 e. The second-order valence-electron chi connectivity index (χ2n) is 11.3. The molecule has 0 unspecified atom stereocenters. The molecule has 10 nitrogen and oxygen atoms in total. The fraction of sp³-hybridized carbons (Fsp3) is 0.536. The lowest BCUT2D eigenvalue weighted by Crippen LogP contribution is -2.57. The highest BCUT2D eigenvalue weighted by Crippen LogP contribution is 2.39. The van der Waals surface area contributed by atoms with E-state index < -0.39 is 9.84 Å². The second-order valence-corrected chi connectivity index (χ2v) is 13.4. The third-order valence-corrected chi connectivity index (χ3v) is 9.22. The fourth-order valence-corrected chi connectivity index (χ4v) is 6.86. The van der Waals surface area contributed by atoms with Crippen molar-refractivity contribution in [2.45, 2.75) is 45.3 Å². The van der Waals surface area contributed by atoms with Crippen molar-refractivity contribution < 1.29 is 18.6 Å². The van der Waals surface area contributed by atoms with Crippen LogP contribution in [0.15, 0.2) is 36.7 Å². The summed E-state index contributed by atoms with van der Waals surface area (Å²) in [5.74, 6) is 2.24. The van der Waals surface area contributed by atoms with Gasteiger partial charge in [0.05, 0.1) is 11.9 Å². The van der Waals surface area contributed by atoms with Crippen LogP contribution in [-0.2, 0) is 9.84 Å². The smallest absolute Gasteiger partial charge is 0.227 e. The third-order valence-electron chi connectivity index (χ3n) is 8.19. The van der Waals surface area contributed by atoms with Gasteiger partial charge in [-0.2, -0.15) is 4.98 Å². The molecule has 11 heteroatoms. The Hall–Kier alpha value is -3.02. The van der Waals surface area contributed by atoms with Gasteiger partial charge in [-0.05, 0) is 48.4 Å². The summed E-state index contributed by atoms with van der Waals surface area (Å²) in [6, 6.07) is 7.99. The Morgan fingerprint density at radius 3 is 2.62 bits per heavy atom. The minimum atomic E-state index is -3.04. The molecule has 0 radical (unpaired) electrons. The summed E-state index contributed by atoms with van der Waals surface area (Å²) >= 11 is 0. The van der Waals surface area contributed by atoms with Crippen LogP contribution in [0, 0.1) is 11.8 Å². The van der Waals surface area contributed by atoms with Gasteiger partial charge >= 0.3 is 0 Å². The molecule has 2 aliphatic rings. The van der Waals surface area contributed by atoms with E-state index in [2.05, 4.69) is 33.1 Å². The molecule has 3 N–H and O–H groups in total. The Bertz CT molecular complexity index is 1450. The number of aliphatic hydroxyl groups is 2. The number of hydrogen-bond acceptors (Lipinski definition) is 10. The summed E-state index contributed by atoms with van der Waals surface area (Å²) in [5.41, 5.74) is 2.03. The lowest BCUT2D eigenvalue weighted by molar-refractivity contribution is 0.0966. The van der Waals surface area contributed by atoms with E-state index in [1.54, 1.807) is 12.3 Å². The molecule has 5 rings (SSSR count). The zero-order valence-electron chi connectivity index (χ0n) is 22.9. The zero-order chi connectivity index (χ0) is 27.9. The summed E-state index contributed by atoms with van der Waals surface area (Å²) in [5, 5.41) is 25.3. The summed E-state index contributed by atoms with van der Waals surface area (Å²) in [6.45, 7) is 8.18. The van der Waals surface area contributed by atoms with Crippen LogP contribution in [0.2, 0.25) is 0 Å². The van der Waals surface area contributed by atoms with E-state index in [4.69, 9.17) is 9.97 Å². The SMILES string of the molecule is C[C@H](CO)c1ccc(N2C[C@@H](CS(C)(=O)=O)[C@@H]2C)c2cnc(Nc3ccnc(N4CC[C@@H](O)[C@H](C)C4)n3)cc12. The highest BCUT2D eigenvalue weighted by atomic mass is 32.2. The van der Waals surface area contributed by atoms with Gasteiger partial charge in [-0.15, -0.1) is 0 Å². The van der Waals surface area contributed by atoms with E-state index in [9.17, 15) is 18.6 Å². The first-order chi connectivity index (χ1) is 18.5. The molecule has 3 aromatic rings. The maximum absolute atomic E-state index is 11.8. The van der Waals surface area contributed by atoms with Crippen LogP contribution in [0.3, 0.4) is 0 Å². The molecule has 2 fully saturated rings. The molecule has 2 aromatic heterocycles. The van der Waals surface area contributed by atoms with E-state index in [1.165, 1.54) is 6.26 Å². The van der Waals surface area contributed by atoms with Crippen LogP contribution in [0.1, 0.15) is 38.7 Å². The summed E-state index contributed by atoms with van der Waals surface area (Å²) in [6.07, 6.45) is 5.24. The average Bonchev–Trinajstić information content (AvgIpc) is 2.91. The standard InChI is InChI=1S/C28H38N6O4S/c1-17-13-33(10-8-25(17)36)28-29-9-7-26(32-28)31-27-11-22-21(18(2)15-35)5-6-24(23(22)12-30-27)34-14-20(19(34)3)16-39(4,37)38/h5-7,9,11-12,17-20,25,35-36H,8,10,13-16H2,1-4H3,(H,29,30,31,32)/t17-,18-,19+,20+,25-/m1/s1. The van der Waals surface area contributed by atoms with Crippen molar-refractivity contribution in [1.29, 1.82) is 0 Å². The zero-order valence-corrected chi connectivity index (χ0v) is 23.8. The van der Waals surface area contributed by atoms with Crippen LogP contribution in [0.5, 0.6) is 0 Å². The fourth-order valence-electron chi connectivity index (χ4n) is 5.70. The number of nitrogens with zero attached hydrogens (tertiary/aromatic N) is 5. The van der Waals surface area contributed by atoms with Crippen LogP contribution in [0.25, 0.3) is 10.8 Å². The number of aliphatic hydroxyl groups excluding tert-OH is 2. The Labute approximate surface area is 230 Å². The van der Waals surface area contributed by atoms with Crippen molar-refractivity contribution in [2.24, 2.45) is 11.8 Å². The summed E-state index contributed by atoms with van der Waals surface area (Å²) in [4.78, 5) is 18.2. The lowest BCUT2D eigenvalue weighted by atomic mass is 9.88. The molecule has 0 amide bonds. The van der Waals surface area contributed by atoms with Crippen LogP contribution in [-0.4, -0.2) is 84.0 Å². The van der Waals surface area contributed by atoms with Gasteiger partial charge in [-0.3, -0.25) is 0 Å². The van der Waals surface area contributed by atoms with Crippen molar-refractivity contribution >= 4 is 43.9 Å². The van der Waals surface area contributed by atoms with E-state index in [1.807, 2.05) is 32.2 Å². The van der Waals surface area contributed by atoms with Gasteiger partial charge in [0.25, 0.3) is 0 Å². The van der Waals surface area contributed by atoms with Crippen molar-refractivity contribution in [3.63, 3.8) is 0 Å². The Balaban J connectivity index is 1.43. The first-order valence-corrected chi connectivity index (χ1v) is 15.6. The Morgan fingerprint density at radius 1 is 1.13 bits per heavy atom. The van der Waals surface area contributed by atoms with Gasteiger partial charge in [0.15, 0.2) is 0 Å². The first-order valence-electron chi connectivity index (χ1n) is 13.5. The number of anilines is 4. The van der Waals surface area contributed by atoms with E-state index >= 15 is 0 Å². The van der Waals surface area contributed by atoms with E-state index in [0.29, 0.717) is 43.6 Å². The Kier molecular flexibility index (Phi) is 7.67. The number of fused-ring (bicyclic) bond motifs is 1. The first kappa shape index (κ1) is 27.5. The maximum Gasteiger partial charge on any atom is 0.227 e. The molecule has 0 spiro atoms. The van der Waals surface area contributed by atoms with Gasteiger partial charge in [0.2, 0.25) is 5.95 Å². The molecular weight excluding hydrogens is 516 g/mol. The van der Waals surface area contributed by atoms with Crippen LogP contribution < -0.4 is 15.1 Å². The van der Waals surface area contributed by atoms with Gasteiger partial charge in [-0.1, -0.05) is 19.9 Å². The second kappa shape index (κ2) is 10.9. The quantitative estimate of drug-likeness (QED) is 0.382.